The number of rotatable bonds is 5. The van der Waals surface area contributed by atoms with Gasteiger partial charge < -0.3 is 19.7 Å². The summed E-state index contributed by atoms with van der Waals surface area (Å²) in [6.07, 6.45) is 6.55. The summed E-state index contributed by atoms with van der Waals surface area (Å²) in [4.78, 5) is 19.4. The van der Waals surface area contributed by atoms with Gasteiger partial charge in [-0.15, -0.1) is 0 Å². The Morgan fingerprint density at radius 1 is 1.04 bits per heavy atom. The summed E-state index contributed by atoms with van der Waals surface area (Å²) in [5.41, 5.74) is 1.18. The third-order valence-electron chi connectivity index (χ3n) is 4.59. The molecular formula is C20H25N3O3. The highest BCUT2D eigenvalue weighted by Crippen LogP contribution is 2.29. The van der Waals surface area contributed by atoms with Crippen LogP contribution in [-0.2, 0) is 0 Å². The molecule has 1 N–H and O–H groups in total. The van der Waals surface area contributed by atoms with Gasteiger partial charge in [-0.2, -0.15) is 0 Å². The summed E-state index contributed by atoms with van der Waals surface area (Å²) in [5.74, 6) is 1.90. The molecule has 2 aromatic rings. The first-order chi connectivity index (χ1) is 12.7. The van der Waals surface area contributed by atoms with Crippen molar-refractivity contribution in [3.8, 4) is 11.5 Å². The fourth-order valence-corrected chi connectivity index (χ4v) is 3.13. The molecule has 1 aliphatic heterocycles. The molecule has 0 saturated carbocycles. The molecule has 0 unspecified atom stereocenters. The lowest BCUT2D eigenvalue weighted by atomic mass is 10.2. The number of nitrogens with one attached hydrogen (secondary N) is 1. The molecule has 0 bridgehead atoms. The van der Waals surface area contributed by atoms with Crippen molar-refractivity contribution in [2.45, 2.75) is 25.7 Å². The largest absolute Gasteiger partial charge is 0.497 e. The van der Waals surface area contributed by atoms with Gasteiger partial charge in [0.15, 0.2) is 0 Å². The number of carbonyl (C=O) groups is 1. The fraction of sp³-hybridized carbons (Fsp3) is 0.400. The van der Waals surface area contributed by atoms with Gasteiger partial charge in [0, 0.05) is 30.9 Å². The molecular weight excluding hydrogens is 330 g/mol. The Morgan fingerprint density at radius 3 is 2.50 bits per heavy atom. The first kappa shape index (κ1) is 18.0. The molecule has 2 heterocycles. The summed E-state index contributed by atoms with van der Waals surface area (Å²) in [5, 5.41) is 2.91. The van der Waals surface area contributed by atoms with Crippen molar-refractivity contribution in [2.24, 2.45) is 0 Å². The first-order valence-electron chi connectivity index (χ1n) is 8.95. The topological polar surface area (TPSA) is 63.7 Å². The minimum absolute atomic E-state index is 0.188. The van der Waals surface area contributed by atoms with E-state index < -0.39 is 0 Å². The Kier molecular flexibility index (Phi) is 5.94. The van der Waals surface area contributed by atoms with E-state index in [1.807, 2.05) is 6.07 Å². The Hall–Kier alpha value is -2.76. The van der Waals surface area contributed by atoms with Crippen LogP contribution in [0, 0.1) is 0 Å². The third-order valence-corrected chi connectivity index (χ3v) is 4.59. The standard InChI is InChI=1S/C20H25N3O3/c1-25-16-7-8-17(18(14-16)26-2)22-20(24)15-9-10-21-19(13-15)23-11-5-3-4-6-12-23/h7-10,13-14H,3-6,11-12H2,1-2H3,(H,22,24). The van der Waals surface area contributed by atoms with Crippen molar-refractivity contribution in [3.05, 3.63) is 42.1 Å². The van der Waals surface area contributed by atoms with Crippen LogP contribution in [0.5, 0.6) is 11.5 Å². The van der Waals surface area contributed by atoms with Gasteiger partial charge in [0.05, 0.1) is 19.9 Å². The molecule has 26 heavy (non-hydrogen) atoms. The summed E-state index contributed by atoms with van der Waals surface area (Å²) in [6, 6.07) is 8.88. The number of amides is 1. The molecule has 3 rings (SSSR count). The lowest BCUT2D eigenvalue weighted by molar-refractivity contribution is 0.102. The number of methoxy groups -OCH3 is 2. The van der Waals surface area contributed by atoms with E-state index in [-0.39, 0.29) is 5.91 Å². The summed E-state index contributed by atoms with van der Waals surface area (Å²) < 4.78 is 10.5. The van der Waals surface area contributed by atoms with Crippen LogP contribution in [0.2, 0.25) is 0 Å². The maximum Gasteiger partial charge on any atom is 0.255 e. The summed E-state index contributed by atoms with van der Waals surface area (Å²) in [7, 11) is 3.16. The summed E-state index contributed by atoms with van der Waals surface area (Å²) in [6.45, 7) is 1.98. The Balaban J connectivity index is 1.77. The van der Waals surface area contributed by atoms with Crippen LogP contribution in [0.25, 0.3) is 0 Å². The minimum atomic E-state index is -0.188. The van der Waals surface area contributed by atoms with Gasteiger partial charge in [-0.1, -0.05) is 12.8 Å². The molecule has 0 radical (unpaired) electrons. The molecule has 1 aliphatic rings. The number of hydrogen-bond acceptors (Lipinski definition) is 5. The second-order valence-corrected chi connectivity index (χ2v) is 6.32. The number of ether oxygens (including phenoxy) is 2. The molecule has 0 atom stereocenters. The maximum absolute atomic E-state index is 12.7. The number of carbonyl (C=O) groups excluding carboxylic acids is 1. The molecule has 1 aromatic heterocycles. The van der Waals surface area contributed by atoms with E-state index in [0.29, 0.717) is 22.7 Å². The molecule has 1 fully saturated rings. The smallest absolute Gasteiger partial charge is 0.255 e. The lowest BCUT2D eigenvalue weighted by Crippen LogP contribution is -2.25. The van der Waals surface area contributed by atoms with Crippen molar-refractivity contribution in [2.75, 3.05) is 37.5 Å². The van der Waals surface area contributed by atoms with E-state index in [1.54, 1.807) is 44.7 Å². The molecule has 1 amide bonds. The number of pyridine rings is 1. The molecule has 1 saturated heterocycles. The highest BCUT2D eigenvalue weighted by molar-refractivity contribution is 6.05. The van der Waals surface area contributed by atoms with Crippen LogP contribution in [-0.4, -0.2) is 38.2 Å². The number of aromatic nitrogens is 1. The third kappa shape index (κ3) is 4.25. The average molecular weight is 355 g/mol. The van der Waals surface area contributed by atoms with Crippen molar-refractivity contribution in [1.82, 2.24) is 4.98 Å². The van der Waals surface area contributed by atoms with E-state index in [0.717, 1.165) is 18.9 Å². The van der Waals surface area contributed by atoms with E-state index in [9.17, 15) is 4.79 Å². The van der Waals surface area contributed by atoms with E-state index in [4.69, 9.17) is 9.47 Å². The quantitative estimate of drug-likeness (QED) is 0.885. The van der Waals surface area contributed by atoms with Crippen LogP contribution in [0.3, 0.4) is 0 Å². The van der Waals surface area contributed by atoms with Gasteiger partial charge in [0.25, 0.3) is 5.91 Å². The molecule has 138 valence electrons. The first-order valence-corrected chi connectivity index (χ1v) is 8.95. The highest BCUT2D eigenvalue weighted by Gasteiger charge is 2.15. The Bertz CT molecular complexity index is 756. The molecule has 0 spiro atoms. The van der Waals surface area contributed by atoms with Gasteiger partial charge in [-0.05, 0) is 37.1 Å². The number of benzene rings is 1. The van der Waals surface area contributed by atoms with Gasteiger partial charge in [-0.25, -0.2) is 4.98 Å². The Labute approximate surface area is 154 Å². The van der Waals surface area contributed by atoms with Crippen molar-refractivity contribution >= 4 is 17.4 Å². The van der Waals surface area contributed by atoms with Gasteiger partial charge >= 0.3 is 0 Å². The van der Waals surface area contributed by atoms with E-state index >= 15 is 0 Å². The lowest BCUT2D eigenvalue weighted by Gasteiger charge is -2.21. The van der Waals surface area contributed by atoms with Crippen molar-refractivity contribution in [3.63, 3.8) is 0 Å². The number of anilines is 2. The fourth-order valence-electron chi connectivity index (χ4n) is 3.13. The highest BCUT2D eigenvalue weighted by atomic mass is 16.5. The zero-order valence-corrected chi connectivity index (χ0v) is 15.3. The van der Waals surface area contributed by atoms with Gasteiger partial charge in [-0.3, -0.25) is 4.79 Å². The van der Waals surface area contributed by atoms with E-state index in [2.05, 4.69) is 15.2 Å². The van der Waals surface area contributed by atoms with Crippen LogP contribution < -0.4 is 19.7 Å². The summed E-state index contributed by atoms with van der Waals surface area (Å²) >= 11 is 0. The number of nitrogens with zero attached hydrogens (tertiary/aromatic N) is 2. The Morgan fingerprint density at radius 2 is 1.81 bits per heavy atom. The predicted octanol–water partition coefficient (Wildman–Crippen LogP) is 3.73. The predicted molar refractivity (Wildman–Crippen MR) is 102 cm³/mol. The SMILES string of the molecule is COc1ccc(NC(=O)c2ccnc(N3CCCCCC3)c2)c(OC)c1. The van der Waals surface area contributed by atoms with Crippen LogP contribution in [0.15, 0.2) is 36.5 Å². The molecule has 1 aromatic carbocycles. The van der Waals surface area contributed by atoms with Crippen molar-refractivity contribution < 1.29 is 14.3 Å². The van der Waals surface area contributed by atoms with Crippen LogP contribution in [0.4, 0.5) is 11.5 Å². The minimum Gasteiger partial charge on any atom is -0.497 e. The maximum atomic E-state index is 12.7. The number of hydrogen-bond donors (Lipinski definition) is 1. The van der Waals surface area contributed by atoms with Gasteiger partial charge in [0.2, 0.25) is 0 Å². The zero-order valence-electron chi connectivity index (χ0n) is 15.3. The van der Waals surface area contributed by atoms with Crippen molar-refractivity contribution in [1.29, 1.82) is 0 Å². The molecule has 6 nitrogen and oxygen atoms in total. The monoisotopic (exact) mass is 355 g/mol. The second kappa shape index (κ2) is 8.56. The molecule has 6 heteroatoms. The normalized spacial score (nSPS) is 14.5. The van der Waals surface area contributed by atoms with Crippen LogP contribution >= 0.6 is 0 Å². The second-order valence-electron chi connectivity index (χ2n) is 6.32. The molecule has 0 aliphatic carbocycles. The average Bonchev–Trinajstić information content (AvgIpc) is 2.98. The van der Waals surface area contributed by atoms with E-state index in [1.165, 1.54) is 25.7 Å². The zero-order chi connectivity index (χ0) is 18.4. The van der Waals surface area contributed by atoms with Gasteiger partial charge in [0.1, 0.15) is 17.3 Å². The van der Waals surface area contributed by atoms with Crippen LogP contribution in [0.1, 0.15) is 36.0 Å².